The molecule has 0 radical (unpaired) electrons. The van der Waals surface area contributed by atoms with Crippen molar-refractivity contribution >= 4 is 22.1 Å². The van der Waals surface area contributed by atoms with E-state index in [9.17, 15) is 18.0 Å². The van der Waals surface area contributed by atoms with Crippen LogP contribution in [0.25, 0.3) is 0 Å². The zero-order valence-electron chi connectivity index (χ0n) is 13.3. The van der Waals surface area contributed by atoms with Crippen molar-refractivity contribution in [1.29, 1.82) is 0 Å². The molecule has 0 spiro atoms. The number of aliphatic carboxylic acids is 1. The quantitative estimate of drug-likeness (QED) is 0.185. The van der Waals surface area contributed by atoms with E-state index in [2.05, 4.69) is 6.92 Å². The van der Waals surface area contributed by atoms with Crippen LogP contribution in [-0.2, 0) is 24.4 Å². The van der Waals surface area contributed by atoms with E-state index in [1.165, 1.54) is 6.08 Å². The van der Waals surface area contributed by atoms with Gasteiger partial charge in [-0.3, -0.25) is 9.35 Å². The number of hydrogen-bond donors (Lipinski definition) is 2. The van der Waals surface area contributed by atoms with Gasteiger partial charge in [-0.05, 0) is 13.3 Å². The first-order chi connectivity index (χ1) is 9.67. The van der Waals surface area contributed by atoms with Gasteiger partial charge in [0.25, 0.3) is 10.1 Å². The van der Waals surface area contributed by atoms with Gasteiger partial charge in [-0.2, -0.15) is 14.8 Å². The molecule has 0 aromatic rings. The van der Waals surface area contributed by atoms with Crippen molar-refractivity contribution in [1.82, 2.24) is 0 Å². The fourth-order valence-electron chi connectivity index (χ4n) is 1.18. The standard InChI is InChI=1S/C10H16O4.C3H7O3S.Na/c1-3-5-8(10(12)13)7-14-9(11)6-4-2;1-2-3-7(4,5)6;/h4,6,8H,3,5,7H2,1-2H3,(H,12,13);1-3H2,(H,4,5,6);/q;-1;+1. The van der Waals surface area contributed by atoms with Crippen LogP contribution in [0.3, 0.4) is 0 Å². The first-order valence-corrected chi connectivity index (χ1v) is 8.05. The minimum absolute atomic E-state index is 0. The molecule has 0 rings (SSSR count). The second-order valence-corrected chi connectivity index (χ2v) is 5.67. The molecule has 0 bridgehead atoms. The van der Waals surface area contributed by atoms with Gasteiger partial charge in [0.2, 0.25) is 0 Å². The molecule has 0 fully saturated rings. The Morgan fingerprint density at radius 2 is 1.91 bits per heavy atom. The van der Waals surface area contributed by atoms with Gasteiger partial charge < -0.3 is 16.8 Å². The Labute approximate surface area is 154 Å². The third kappa shape index (κ3) is 19.6. The molecule has 9 heteroatoms. The van der Waals surface area contributed by atoms with Gasteiger partial charge in [0.15, 0.2) is 0 Å². The summed E-state index contributed by atoms with van der Waals surface area (Å²) in [5, 5.41) is 8.74. The van der Waals surface area contributed by atoms with Crippen molar-refractivity contribution in [3.8, 4) is 0 Å². The zero-order chi connectivity index (χ0) is 16.9. The van der Waals surface area contributed by atoms with Crippen LogP contribution in [-0.4, -0.2) is 42.4 Å². The summed E-state index contributed by atoms with van der Waals surface area (Å²) in [6.45, 7) is 6.77. The molecule has 0 amide bonds. The Balaban J connectivity index is -0.000000385. The number of carbonyl (C=O) groups excluding carboxylic acids is 1. The van der Waals surface area contributed by atoms with Crippen molar-refractivity contribution in [2.75, 3.05) is 12.4 Å². The molecule has 0 aromatic heterocycles. The molecule has 0 heterocycles. The third-order valence-corrected chi connectivity index (χ3v) is 2.92. The SMILES string of the molecule is CC=CC(=O)OCC(CCC)C(=O)O.[CH2-]CCS(=O)(=O)O.[Na+]. The molecule has 7 nitrogen and oxygen atoms in total. The van der Waals surface area contributed by atoms with Gasteiger partial charge in [0, 0.05) is 11.8 Å². The minimum atomic E-state index is -3.74. The minimum Gasteiger partial charge on any atom is -0.481 e. The number of hydrogen-bond acceptors (Lipinski definition) is 5. The van der Waals surface area contributed by atoms with Crippen molar-refractivity contribution in [3.05, 3.63) is 19.1 Å². The molecule has 0 aliphatic carbocycles. The molecule has 0 aliphatic rings. The van der Waals surface area contributed by atoms with E-state index >= 15 is 0 Å². The molecule has 1 unspecified atom stereocenters. The van der Waals surface area contributed by atoms with Crippen LogP contribution in [0, 0.1) is 12.8 Å². The molecule has 0 aliphatic heterocycles. The van der Waals surface area contributed by atoms with Crippen LogP contribution in [0.15, 0.2) is 12.2 Å². The predicted octanol–water partition coefficient (Wildman–Crippen LogP) is -1.29. The van der Waals surface area contributed by atoms with Gasteiger partial charge in [-0.15, -0.1) is 0 Å². The van der Waals surface area contributed by atoms with Crippen molar-refractivity contribution in [2.45, 2.75) is 33.1 Å². The number of carboxylic acid groups (broad SMARTS) is 1. The molecule has 0 aromatic carbocycles. The zero-order valence-corrected chi connectivity index (χ0v) is 16.1. The van der Waals surface area contributed by atoms with Gasteiger partial charge in [0.1, 0.15) is 6.61 Å². The maximum absolute atomic E-state index is 10.9. The first-order valence-electron chi connectivity index (χ1n) is 6.44. The number of esters is 1. The summed E-state index contributed by atoms with van der Waals surface area (Å²) in [7, 11) is -3.74. The largest absolute Gasteiger partial charge is 1.00 e. The number of ether oxygens (including phenoxy) is 1. The van der Waals surface area contributed by atoms with Gasteiger partial charge in [-0.1, -0.05) is 19.4 Å². The Morgan fingerprint density at radius 1 is 1.36 bits per heavy atom. The molecule has 124 valence electrons. The van der Waals surface area contributed by atoms with Crippen LogP contribution in [0.5, 0.6) is 0 Å². The van der Waals surface area contributed by atoms with Crippen LogP contribution in [0.1, 0.15) is 33.1 Å². The summed E-state index contributed by atoms with van der Waals surface area (Å²) in [6.07, 6.45) is 4.33. The Kier molecular flexibility index (Phi) is 18.6. The molecule has 1 atom stereocenters. The smallest absolute Gasteiger partial charge is 0.481 e. The number of allylic oxidation sites excluding steroid dienone is 1. The van der Waals surface area contributed by atoms with E-state index in [0.29, 0.717) is 6.42 Å². The molecular formula is C13H23NaO7S. The van der Waals surface area contributed by atoms with E-state index in [0.717, 1.165) is 6.42 Å². The van der Waals surface area contributed by atoms with E-state index < -0.39 is 28.0 Å². The second-order valence-electron chi connectivity index (χ2n) is 4.09. The molecule has 0 saturated heterocycles. The fraction of sp³-hybridized carbons (Fsp3) is 0.615. The number of carboxylic acids is 1. The maximum Gasteiger partial charge on any atom is 1.00 e. The van der Waals surface area contributed by atoms with Crippen LogP contribution in [0.4, 0.5) is 0 Å². The third-order valence-electron chi connectivity index (χ3n) is 2.12. The average Bonchev–Trinajstić information content (AvgIpc) is 2.33. The first kappa shape index (κ1) is 26.5. The summed E-state index contributed by atoms with van der Waals surface area (Å²) < 4.78 is 32.2. The Morgan fingerprint density at radius 3 is 2.18 bits per heavy atom. The van der Waals surface area contributed by atoms with Gasteiger partial charge in [-0.25, -0.2) is 4.79 Å². The van der Waals surface area contributed by atoms with Crippen LogP contribution in [0.2, 0.25) is 0 Å². The van der Waals surface area contributed by atoms with E-state index in [1.54, 1.807) is 13.0 Å². The van der Waals surface area contributed by atoms with Crippen LogP contribution >= 0.6 is 0 Å². The summed E-state index contributed by atoms with van der Waals surface area (Å²) in [5.74, 6) is -2.24. The number of rotatable bonds is 8. The molecule has 0 saturated carbocycles. The van der Waals surface area contributed by atoms with Crippen molar-refractivity contribution < 1.29 is 62.0 Å². The average molecular weight is 346 g/mol. The normalized spacial score (nSPS) is 11.8. The molecule has 22 heavy (non-hydrogen) atoms. The van der Waals surface area contributed by atoms with Crippen LogP contribution < -0.4 is 29.6 Å². The summed E-state index contributed by atoms with van der Waals surface area (Å²) in [6, 6.07) is 0. The van der Waals surface area contributed by atoms with Gasteiger partial charge >= 0.3 is 41.5 Å². The number of carbonyl (C=O) groups is 2. The van der Waals surface area contributed by atoms with Crippen molar-refractivity contribution in [2.24, 2.45) is 5.92 Å². The van der Waals surface area contributed by atoms with Gasteiger partial charge in [0.05, 0.1) is 5.92 Å². The van der Waals surface area contributed by atoms with E-state index in [4.69, 9.17) is 14.4 Å². The Bertz CT molecular complexity index is 432. The summed E-state index contributed by atoms with van der Waals surface area (Å²) in [4.78, 5) is 21.5. The molecular weight excluding hydrogens is 323 g/mol. The maximum atomic E-state index is 10.9. The summed E-state index contributed by atoms with van der Waals surface area (Å²) in [5.41, 5.74) is 0. The topological polar surface area (TPSA) is 118 Å². The fourth-order valence-corrected chi connectivity index (χ4v) is 1.54. The van der Waals surface area contributed by atoms with E-state index in [1.807, 2.05) is 6.92 Å². The van der Waals surface area contributed by atoms with E-state index in [-0.39, 0.29) is 48.3 Å². The second kappa shape index (κ2) is 15.5. The molecule has 2 N–H and O–H groups in total. The Hall–Kier alpha value is -0.410. The predicted molar refractivity (Wildman–Crippen MR) is 78.2 cm³/mol. The van der Waals surface area contributed by atoms with Crippen molar-refractivity contribution in [3.63, 3.8) is 0 Å². The monoisotopic (exact) mass is 346 g/mol. The summed E-state index contributed by atoms with van der Waals surface area (Å²) >= 11 is 0.